The van der Waals surface area contributed by atoms with E-state index in [9.17, 15) is 5.11 Å². The molecule has 1 aromatic heterocycles. The van der Waals surface area contributed by atoms with Gasteiger partial charge in [-0.15, -0.1) is 0 Å². The molecule has 0 radical (unpaired) electrons. The summed E-state index contributed by atoms with van der Waals surface area (Å²) in [5.41, 5.74) is 2.10. The van der Waals surface area contributed by atoms with Crippen molar-refractivity contribution < 1.29 is 9.52 Å². The van der Waals surface area contributed by atoms with Crippen molar-refractivity contribution in [1.29, 1.82) is 0 Å². The molecule has 1 aliphatic rings. The van der Waals surface area contributed by atoms with Gasteiger partial charge in [0.2, 0.25) is 0 Å². The van der Waals surface area contributed by atoms with Crippen molar-refractivity contribution in [2.75, 3.05) is 0 Å². The second kappa shape index (κ2) is 6.01. The van der Waals surface area contributed by atoms with E-state index in [1.807, 2.05) is 18.2 Å². The van der Waals surface area contributed by atoms with Gasteiger partial charge in [-0.25, -0.2) is 0 Å². The van der Waals surface area contributed by atoms with Crippen LogP contribution in [0.4, 0.5) is 0 Å². The molecule has 1 aromatic carbocycles. The van der Waals surface area contributed by atoms with Gasteiger partial charge in [0.1, 0.15) is 17.4 Å². The molecule has 1 saturated carbocycles. The Hall–Kier alpha value is -1.28. The summed E-state index contributed by atoms with van der Waals surface area (Å²) in [5.74, 6) is 1.53. The number of furan rings is 1. The van der Waals surface area contributed by atoms with Gasteiger partial charge in [0, 0.05) is 5.39 Å². The van der Waals surface area contributed by atoms with E-state index in [1.165, 1.54) is 37.7 Å². The van der Waals surface area contributed by atoms with Crippen molar-refractivity contribution >= 4 is 11.0 Å². The molecule has 0 saturated heterocycles. The van der Waals surface area contributed by atoms with Crippen LogP contribution in [0.1, 0.15) is 62.4 Å². The Kier molecular flexibility index (Phi) is 4.11. The lowest BCUT2D eigenvalue weighted by Crippen LogP contribution is -2.08. The highest BCUT2D eigenvalue weighted by Gasteiger charge is 2.18. The third-order valence-corrected chi connectivity index (χ3v) is 4.59. The quantitative estimate of drug-likeness (QED) is 0.836. The van der Waals surface area contributed by atoms with Crippen molar-refractivity contribution in [1.82, 2.24) is 0 Å². The van der Waals surface area contributed by atoms with Crippen LogP contribution >= 0.6 is 0 Å². The molecule has 1 heterocycles. The van der Waals surface area contributed by atoms with Crippen LogP contribution in [0.15, 0.2) is 28.7 Å². The predicted molar refractivity (Wildman–Crippen MR) is 81.7 cm³/mol. The van der Waals surface area contributed by atoms with Crippen molar-refractivity contribution in [2.45, 2.75) is 58.0 Å². The fourth-order valence-electron chi connectivity index (χ4n) is 3.36. The molecule has 1 fully saturated rings. The highest BCUT2D eigenvalue weighted by molar-refractivity contribution is 5.78. The van der Waals surface area contributed by atoms with Crippen LogP contribution in [-0.4, -0.2) is 5.11 Å². The van der Waals surface area contributed by atoms with Crippen LogP contribution in [0.25, 0.3) is 11.0 Å². The Morgan fingerprint density at radius 1 is 1.20 bits per heavy atom. The van der Waals surface area contributed by atoms with E-state index >= 15 is 0 Å². The number of fused-ring (bicyclic) bond motifs is 1. The number of hydrogen-bond acceptors (Lipinski definition) is 2. The lowest BCUT2D eigenvalue weighted by Gasteiger charge is -2.22. The van der Waals surface area contributed by atoms with E-state index in [2.05, 4.69) is 13.0 Å². The molecule has 3 rings (SSSR count). The topological polar surface area (TPSA) is 33.4 Å². The maximum Gasteiger partial charge on any atom is 0.134 e. The number of benzene rings is 1. The third-order valence-electron chi connectivity index (χ3n) is 4.59. The molecule has 1 unspecified atom stereocenters. The van der Waals surface area contributed by atoms with Crippen LogP contribution in [0.2, 0.25) is 0 Å². The second-order valence-corrected chi connectivity index (χ2v) is 6.29. The molecule has 20 heavy (non-hydrogen) atoms. The normalized spacial score (nSPS) is 18.5. The van der Waals surface area contributed by atoms with Gasteiger partial charge in [-0.1, -0.05) is 43.7 Å². The number of rotatable bonds is 4. The molecular weight excluding hydrogens is 248 g/mol. The van der Waals surface area contributed by atoms with Gasteiger partial charge in [-0.05, 0) is 43.9 Å². The highest BCUT2D eigenvalue weighted by atomic mass is 16.4. The van der Waals surface area contributed by atoms with Crippen molar-refractivity contribution in [3.63, 3.8) is 0 Å². The van der Waals surface area contributed by atoms with E-state index in [0.717, 1.165) is 35.5 Å². The Bertz CT molecular complexity index is 564. The minimum absolute atomic E-state index is 0.454. The average Bonchev–Trinajstić information content (AvgIpc) is 2.89. The maximum atomic E-state index is 10.3. The summed E-state index contributed by atoms with van der Waals surface area (Å²) >= 11 is 0. The first-order valence-electron chi connectivity index (χ1n) is 7.90. The van der Waals surface area contributed by atoms with Crippen LogP contribution in [0.5, 0.6) is 0 Å². The average molecular weight is 272 g/mol. The Morgan fingerprint density at radius 3 is 2.80 bits per heavy atom. The molecule has 0 amide bonds. The number of aryl methyl sites for hydroxylation is 1. The second-order valence-electron chi connectivity index (χ2n) is 6.29. The van der Waals surface area contributed by atoms with Gasteiger partial charge < -0.3 is 9.52 Å². The summed E-state index contributed by atoms with van der Waals surface area (Å²) in [6.07, 6.45) is 8.29. The van der Waals surface area contributed by atoms with Crippen LogP contribution < -0.4 is 0 Å². The summed E-state index contributed by atoms with van der Waals surface area (Å²) in [4.78, 5) is 0. The van der Waals surface area contributed by atoms with Gasteiger partial charge in [0.15, 0.2) is 0 Å². The summed E-state index contributed by atoms with van der Waals surface area (Å²) in [6.45, 7) is 2.08. The van der Waals surface area contributed by atoms with E-state index in [1.54, 1.807) is 0 Å². The van der Waals surface area contributed by atoms with E-state index in [4.69, 9.17) is 4.42 Å². The fraction of sp³-hybridized carbons (Fsp3) is 0.556. The van der Waals surface area contributed by atoms with Gasteiger partial charge in [0.05, 0.1) is 0 Å². The molecule has 0 aliphatic heterocycles. The van der Waals surface area contributed by atoms with Crippen LogP contribution in [0, 0.1) is 12.8 Å². The zero-order valence-electron chi connectivity index (χ0n) is 12.3. The summed E-state index contributed by atoms with van der Waals surface area (Å²) < 4.78 is 5.77. The first-order valence-corrected chi connectivity index (χ1v) is 7.90. The number of aliphatic hydroxyl groups is 1. The first kappa shape index (κ1) is 13.7. The van der Waals surface area contributed by atoms with Gasteiger partial charge in [0.25, 0.3) is 0 Å². The van der Waals surface area contributed by atoms with Crippen molar-refractivity contribution in [3.8, 4) is 0 Å². The zero-order chi connectivity index (χ0) is 13.9. The van der Waals surface area contributed by atoms with E-state index in [0.29, 0.717) is 0 Å². The maximum absolute atomic E-state index is 10.3. The molecule has 1 N–H and O–H groups in total. The first-order chi connectivity index (χ1) is 9.72. The largest absolute Gasteiger partial charge is 0.458 e. The van der Waals surface area contributed by atoms with Gasteiger partial charge in [-0.3, -0.25) is 0 Å². The van der Waals surface area contributed by atoms with Gasteiger partial charge in [-0.2, -0.15) is 0 Å². The zero-order valence-corrected chi connectivity index (χ0v) is 12.3. The van der Waals surface area contributed by atoms with E-state index in [-0.39, 0.29) is 0 Å². The van der Waals surface area contributed by atoms with Gasteiger partial charge >= 0.3 is 0 Å². The lowest BCUT2D eigenvalue weighted by atomic mass is 9.85. The monoisotopic (exact) mass is 272 g/mol. The minimum Gasteiger partial charge on any atom is -0.458 e. The minimum atomic E-state index is -0.454. The molecular formula is C18H24O2. The smallest absolute Gasteiger partial charge is 0.134 e. The van der Waals surface area contributed by atoms with Crippen molar-refractivity contribution in [3.05, 3.63) is 35.6 Å². The molecule has 1 atom stereocenters. The predicted octanol–water partition coefficient (Wildman–Crippen LogP) is 5.14. The molecule has 1 aliphatic carbocycles. The van der Waals surface area contributed by atoms with Crippen LogP contribution in [-0.2, 0) is 0 Å². The Morgan fingerprint density at radius 2 is 2.00 bits per heavy atom. The summed E-state index contributed by atoms with van der Waals surface area (Å²) in [7, 11) is 0. The molecule has 2 aromatic rings. The van der Waals surface area contributed by atoms with Crippen LogP contribution in [0.3, 0.4) is 0 Å². The molecule has 108 valence electrons. The lowest BCUT2D eigenvalue weighted by molar-refractivity contribution is 0.129. The summed E-state index contributed by atoms with van der Waals surface area (Å²) in [5, 5.41) is 11.4. The highest BCUT2D eigenvalue weighted by Crippen LogP contribution is 2.32. The summed E-state index contributed by atoms with van der Waals surface area (Å²) in [6, 6.07) is 8.14. The molecule has 0 spiro atoms. The molecule has 2 heteroatoms. The fourth-order valence-corrected chi connectivity index (χ4v) is 3.36. The molecule has 0 bridgehead atoms. The van der Waals surface area contributed by atoms with Crippen molar-refractivity contribution in [2.24, 2.45) is 5.92 Å². The number of hydrogen-bond donors (Lipinski definition) is 1. The Balaban J connectivity index is 1.64. The standard InChI is InChI=1S/C18H24O2/c1-13-7-10-17-15(11-13)12-18(20-17)16(19)9-8-14-5-3-2-4-6-14/h7,10-12,14,16,19H,2-6,8-9H2,1H3. The third kappa shape index (κ3) is 3.06. The number of aliphatic hydroxyl groups excluding tert-OH is 1. The SMILES string of the molecule is Cc1ccc2oc(C(O)CCC3CCCCC3)cc2c1. The van der Waals surface area contributed by atoms with E-state index < -0.39 is 6.10 Å². The molecule has 2 nitrogen and oxygen atoms in total. The Labute approximate surface area is 120 Å².